The van der Waals surface area contributed by atoms with E-state index in [4.69, 9.17) is 4.52 Å². The van der Waals surface area contributed by atoms with Crippen LogP contribution in [0.5, 0.6) is 5.75 Å². The average Bonchev–Trinajstić information content (AvgIpc) is 2.92. The highest BCUT2D eigenvalue weighted by Crippen LogP contribution is 2.29. The smallest absolute Gasteiger partial charge is 0.266 e. The zero-order valence-corrected chi connectivity index (χ0v) is 12.7. The van der Waals surface area contributed by atoms with Crippen molar-refractivity contribution in [2.45, 2.75) is 0 Å². The van der Waals surface area contributed by atoms with Crippen LogP contribution in [0.4, 0.5) is 5.95 Å². The van der Waals surface area contributed by atoms with Crippen LogP contribution >= 0.6 is 15.9 Å². The number of phenols is 1. The van der Waals surface area contributed by atoms with Gasteiger partial charge in [0.25, 0.3) is 11.8 Å². The summed E-state index contributed by atoms with van der Waals surface area (Å²) in [7, 11) is 2.10. The van der Waals surface area contributed by atoms with Gasteiger partial charge in [0, 0.05) is 31.7 Å². The molecule has 0 spiro atoms. The van der Waals surface area contributed by atoms with Crippen LogP contribution in [-0.4, -0.2) is 53.4 Å². The zero-order chi connectivity index (χ0) is 14.1. The Morgan fingerprint density at radius 1 is 1.25 bits per heavy atom. The van der Waals surface area contributed by atoms with Crippen molar-refractivity contribution in [2.75, 3.05) is 38.1 Å². The van der Waals surface area contributed by atoms with E-state index in [2.05, 4.69) is 42.9 Å². The van der Waals surface area contributed by atoms with Gasteiger partial charge in [-0.05, 0) is 46.3 Å². The first-order valence-corrected chi connectivity index (χ1v) is 7.19. The first-order valence-electron chi connectivity index (χ1n) is 6.39. The third-order valence-corrected chi connectivity index (χ3v) is 4.07. The molecule has 7 heteroatoms. The van der Waals surface area contributed by atoms with Crippen molar-refractivity contribution in [1.82, 2.24) is 15.0 Å². The van der Waals surface area contributed by atoms with Crippen LogP contribution in [0.15, 0.2) is 27.2 Å². The van der Waals surface area contributed by atoms with Gasteiger partial charge in [-0.25, -0.2) is 0 Å². The van der Waals surface area contributed by atoms with Gasteiger partial charge < -0.3 is 19.4 Å². The second-order valence-corrected chi connectivity index (χ2v) is 5.71. The van der Waals surface area contributed by atoms with E-state index in [1.165, 1.54) is 0 Å². The number of aromatic nitrogens is 2. The number of halogens is 1. The predicted molar refractivity (Wildman–Crippen MR) is 78.8 cm³/mol. The highest BCUT2D eigenvalue weighted by atomic mass is 79.9. The van der Waals surface area contributed by atoms with Gasteiger partial charge in [0.15, 0.2) is 0 Å². The summed E-state index contributed by atoms with van der Waals surface area (Å²) in [5.74, 6) is 1.18. The SMILES string of the molecule is CN1CCN(c2noc(-c3ccc(Br)c(O)c3)n2)CC1. The predicted octanol–water partition coefficient (Wildman–Crippen LogP) is 1.96. The molecular weight excluding hydrogens is 324 g/mol. The van der Waals surface area contributed by atoms with E-state index in [-0.39, 0.29) is 5.75 Å². The summed E-state index contributed by atoms with van der Waals surface area (Å²) in [5, 5.41) is 13.7. The summed E-state index contributed by atoms with van der Waals surface area (Å²) in [6.07, 6.45) is 0. The molecule has 0 amide bonds. The third-order valence-electron chi connectivity index (χ3n) is 3.39. The average molecular weight is 339 g/mol. The van der Waals surface area contributed by atoms with Gasteiger partial charge in [-0.15, -0.1) is 0 Å². The van der Waals surface area contributed by atoms with Crippen molar-refractivity contribution in [3.05, 3.63) is 22.7 Å². The van der Waals surface area contributed by atoms with Gasteiger partial charge in [-0.3, -0.25) is 0 Å². The molecule has 0 unspecified atom stereocenters. The minimum absolute atomic E-state index is 0.154. The van der Waals surface area contributed by atoms with Crippen LogP contribution < -0.4 is 4.90 Å². The Morgan fingerprint density at radius 3 is 2.70 bits per heavy atom. The zero-order valence-electron chi connectivity index (χ0n) is 11.1. The molecule has 0 radical (unpaired) electrons. The van der Waals surface area contributed by atoms with Gasteiger partial charge in [0.1, 0.15) is 5.75 Å². The quantitative estimate of drug-likeness (QED) is 0.902. The summed E-state index contributed by atoms with van der Waals surface area (Å²) >= 11 is 3.25. The van der Waals surface area contributed by atoms with Gasteiger partial charge in [-0.2, -0.15) is 4.98 Å². The number of nitrogens with zero attached hydrogens (tertiary/aromatic N) is 4. The van der Waals surface area contributed by atoms with E-state index in [0.717, 1.165) is 26.2 Å². The number of rotatable bonds is 2. The Kier molecular flexibility index (Phi) is 3.62. The molecule has 1 fully saturated rings. The molecular formula is C13H15BrN4O2. The second kappa shape index (κ2) is 5.41. The lowest BCUT2D eigenvalue weighted by molar-refractivity contribution is 0.309. The van der Waals surface area contributed by atoms with E-state index in [1.807, 2.05) is 6.07 Å². The van der Waals surface area contributed by atoms with Crippen molar-refractivity contribution in [1.29, 1.82) is 0 Å². The maximum Gasteiger partial charge on any atom is 0.266 e. The fraction of sp³-hybridized carbons (Fsp3) is 0.385. The molecule has 1 aromatic carbocycles. The Bertz CT molecular complexity index is 608. The molecule has 0 atom stereocenters. The second-order valence-electron chi connectivity index (χ2n) is 4.86. The standard InChI is InChI=1S/C13H15BrN4O2/c1-17-4-6-18(7-5-17)13-15-12(20-16-13)9-2-3-10(14)11(19)8-9/h2-3,8,19H,4-7H2,1H3. The summed E-state index contributed by atoms with van der Waals surface area (Å²) in [6, 6.07) is 5.18. The van der Waals surface area contributed by atoms with E-state index >= 15 is 0 Å². The molecule has 6 nitrogen and oxygen atoms in total. The van der Waals surface area contributed by atoms with Gasteiger partial charge in [-0.1, -0.05) is 0 Å². The number of aromatic hydroxyl groups is 1. The largest absolute Gasteiger partial charge is 0.507 e. The first kappa shape index (κ1) is 13.4. The van der Waals surface area contributed by atoms with Crippen LogP contribution in [0.2, 0.25) is 0 Å². The molecule has 1 N–H and O–H groups in total. The number of anilines is 1. The molecule has 3 rings (SSSR count). The maximum absolute atomic E-state index is 9.69. The van der Waals surface area contributed by atoms with Crippen molar-refractivity contribution in [3.63, 3.8) is 0 Å². The van der Waals surface area contributed by atoms with Crippen molar-refractivity contribution >= 4 is 21.9 Å². The van der Waals surface area contributed by atoms with Crippen LogP contribution in [0.3, 0.4) is 0 Å². The summed E-state index contributed by atoms with van der Waals surface area (Å²) < 4.78 is 5.92. The molecule has 1 aromatic heterocycles. The van der Waals surface area contributed by atoms with Crippen LogP contribution in [0.25, 0.3) is 11.5 Å². The van der Waals surface area contributed by atoms with E-state index in [0.29, 0.717) is 21.9 Å². The summed E-state index contributed by atoms with van der Waals surface area (Å²) in [5.41, 5.74) is 0.707. The number of benzene rings is 1. The lowest BCUT2D eigenvalue weighted by Crippen LogP contribution is -2.44. The van der Waals surface area contributed by atoms with Gasteiger partial charge >= 0.3 is 0 Å². The van der Waals surface area contributed by atoms with E-state index in [1.54, 1.807) is 12.1 Å². The molecule has 1 aliphatic heterocycles. The van der Waals surface area contributed by atoms with Crippen LogP contribution in [-0.2, 0) is 0 Å². The Balaban J connectivity index is 1.81. The number of hydrogen-bond donors (Lipinski definition) is 1. The van der Waals surface area contributed by atoms with Crippen LogP contribution in [0, 0.1) is 0 Å². The highest BCUT2D eigenvalue weighted by Gasteiger charge is 2.19. The molecule has 106 valence electrons. The maximum atomic E-state index is 9.69. The van der Waals surface area contributed by atoms with Crippen molar-refractivity contribution in [3.8, 4) is 17.2 Å². The Labute approximate surface area is 125 Å². The molecule has 0 saturated carbocycles. The topological polar surface area (TPSA) is 65.6 Å². The van der Waals surface area contributed by atoms with Crippen molar-refractivity contribution < 1.29 is 9.63 Å². The van der Waals surface area contributed by atoms with Crippen molar-refractivity contribution in [2.24, 2.45) is 0 Å². The molecule has 0 bridgehead atoms. The fourth-order valence-electron chi connectivity index (χ4n) is 2.11. The minimum atomic E-state index is 0.154. The number of likely N-dealkylation sites (N-methyl/N-ethyl adjacent to an activating group) is 1. The summed E-state index contributed by atoms with van der Waals surface area (Å²) in [6.45, 7) is 3.76. The van der Waals surface area contributed by atoms with E-state index in [9.17, 15) is 5.11 Å². The lowest BCUT2D eigenvalue weighted by atomic mass is 10.2. The first-order chi connectivity index (χ1) is 9.63. The normalized spacial score (nSPS) is 16.6. The highest BCUT2D eigenvalue weighted by molar-refractivity contribution is 9.10. The Morgan fingerprint density at radius 2 is 2.00 bits per heavy atom. The van der Waals surface area contributed by atoms with Crippen LogP contribution in [0.1, 0.15) is 0 Å². The molecule has 0 aliphatic carbocycles. The lowest BCUT2D eigenvalue weighted by Gasteiger charge is -2.31. The number of piperazine rings is 1. The molecule has 2 heterocycles. The number of phenolic OH excluding ortho intramolecular Hbond substituents is 1. The number of hydrogen-bond acceptors (Lipinski definition) is 6. The third kappa shape index (κ3) is 2.64. The minimum Gasteiger partial charge on any atom is -0.507 e. The van der Waals surface area contributed by atoms with E-state index < -0.39 is 0 Å². The van der Waals surface area contributed by atoms with Gasteiger partial charge in [0.05, 0.1) is 4.47 Å². The summed E-state index contributed by atoms with van der Waals surface area (Å²) in [4.78, 5) is 8.77. The monoisotopic (exact) mass is 338 g/mol. The molecule has 2 aromatic rings. The fourth-order valence-corrected chi connectivity index (χ4v) is 2.36. The Hall–Kier alpha value is -1.60. The molecule has 1 aliphatic rings. The molecule has 20 heavy (non-hydrogen) atoms. The molecule has 1 saturated heterocycles. The van der Waals surface area contributed by atoms with Gasteiger partial charge in [0.2, 0.25) is 0 Å².